The smallest absolute Gasteiger partial charge is 0.123 e. The SMILES string of the molecule is COc1ccc([C@@H](C)NC2CCC(O)CC2)cc1CN1CCCC1. The van der Waals surface area contributed by atoms with Gasteiger partial charge in [-0.2, -0.15) is 0 Å². The molecule has 1 heterocycles. The van der Waals surface area contributed by atoms with E-state index in [0.29, 0.717) is 12.1 Å². The van der Waals surface area contributed by atoms with E-state index in [2.05, 4.69) is 35.3 Å². The Bertz CT molecular complexity index is 520. The molecule has 1 saturated heterocycles. The van der Waals surface area contributed by atoms with Gasteiger partial charge < -0.3 is 15.2 Å². The third kappa shape index (κ3) is 4.50. The van der Waals surface area contributed by atoms with E-state index in [1.807, 2.05) is 0 Å². The molecule has 0 unspecified atom stereocenters. The molecule has 0 aromatic heterocycles. The van der Waals surface area contributed by atoms with Crippen LogP contribution in [0.5, 0.6) is 5.75 Å². The van der Waals surface area contributed by atoms with E-state index in [4.69, 9.17) is 4.74 Å². The van der Waals surface area contributed by atoms with Crippen molar-refractivity contribution >= 4 is 0 Å². The first kappa shape index (κ1) is 17.7. The van der Waals surface area contributed by atoms with Gasteiger partial charge in [-0.25, -0.2) is 0 Å². The van der Waals surface area contributed by atoms with Crippen LogP contribution in [0, 0.1) is 0 Å². The Balaban J connectivity index is 1.65. The van der Waals surface area contributed by atoms with Gasteiger partial charge in [-0.1, -0.05) is 6.07 Å². The average molecular weight is 332 g/mol. The fourth-order valence-electron chi connectivity index (χ4n) is 4.07. The molecule has 3 rings (SSSR count). The lowest BCUT2D eigenvalue weighted by Crippen LogP contribution is -2.36. The van der Waals surface area contributed by atoms with Gasteiger partial charge in [-0.3, -0.25) is 4.90 Å². The maximum atomic E-state index is 9.66. The first-order chi connectivity index (χ1) is 11.7. The van der Waals surface area contributed by atoms with Crippen molar-refractivity contribution in [2.75, 3.05) is 20.2 Å². The molecule has 24 heavy (non-hydrogen) atoms. The molecule has 1 atom stereocenters. The van der Waals surface area contributed by atoms with Gasteiger partial charge in [-0.15, -0.1) is 0 Å². The average Bonchev–Trinajstić information content (AvgIpc) is 3.10. The van der Waals surface area contributed by atoms with Crippen molar-refractivity contribution < 1.29 is 9.84 Å². The van der Waals surface area contributed by atoms with Crippen molar-refractivity contribution in [3.8, 4) is 5.75 Å². The van der Waals surface area contributed by atoms with Gasteiger partial charge >= 0.3 is 0 Å². The second-order valence-corrected chi connectivity index (χ2v) is 7.45. The van der Waals surface area contributed by atoms with E-state index in [-0.39, 0.29) is 6.10 Å². The molecule has 1 aliphatic carbocycles. The maximum Gasteiger partial charge on any atom is 0.123 e. The minimum Gasteiger partial charge on any atom is -0.496 e. The van der Waals surface area contributed by atoms with Gasteiger partial charge in [0.05, 0.1) is 13.2 Å². The minimum atomic E-state index is -0.0913. The molecule has 2 aliphatic rings. The first-order valence-corrected chi connectivity index (χ1v) is 9.49. The summed E-state index contributed by atoms with van der Waals surface area (Å²) in [6, 6.07) is 7.46. The predicted octanol–water partition coefficient (Wildman–Crippen LogP) is 3.25. The molecule has 1 aromatic carbocycles. The largest absolute Gasteiger partial charge is 0.496 e. The summed E-state index contributed by atoms with van der Waals surface area (Å²) in [5.41, 5.74) is 2.63. The van der Waals surface area contributed by atoms with Gasteiger partial charge in [0.25, 0.3) is 0 Å². The number of nitrogens with zero attached hydrogens (tertiary/aromatic N) is 1. The van der Waals surface area contributed by atoms with Gasteiger partial charge in [0, 0.05) is 24.2 Å². The zero-order valence-corrected chi connectivity index (χ0v) is 15.1. The molecule has 2 N–H and O–H groups in total. The van der Waals surface area contributed by atoms with Crippen LogP contribution in [0.3, 0.4) is 0 Å². The summed E-state index contributed by atoms with van der Waals surface area (Å²) >= 11 is 0. The molecule has 1 aromatic rings. The molecule has 134 valence electrons. The number of ether oxygens (including phenoxy) is 1. The summed E-state index contributed by atoms with van der Waals surface area (Å²) in [4.78, 5) is 2.52. The monoisotopic (exact) mass is 332 g/mol. The lowest BCUT2D eigenvalue weighted by atomic mass is 9.92. The van der Waals surface area contributed by atoms with Crippen LogP contribution in [0.4, 0.5) is 0 Å². The first-order valence-electron chi connectivity index (χ1n) is 9.49. The van der Waals surface area contributed by atoms with Crippen LogP contribution in [-0.2, 0) is 6.54 Å². The number of methoxy groups -OCH3 is 1. The standard InChI is InChI=1S/C20H32N2O2/c1-15(21-18-6-8-19(23)9-7-18)16-5-10-20(24-2)17(13-16)14-22-11-3-4-12-22/h5,10,13,15,18-19,21,23H,3-4,6-9,11-12,14H2,1-2H3/t15-,18?,19?/m1/s1. The van der Waals surface area contributed by atoms with Gasteiger partial charge in [0.2, 0.25) is 0 Å². The number of likely N-dealkylation sites (tertiary alicyclic amines) is 1. The molecule has 1 saturated carbocycles. The second-order valence-electron chi connectivity index (χ2n) is 7.45. The molecular formula is C20H32N2O2. The van der Waals surface area contributed by atoms with Crippen molar-refractivity contribution in [3.05, 3.63) is 29.3 Å². The van der Waals surface area contributed by atoms with E-state index in [1.165, 1.54) is 37.1 Å². The Morgan fingerprint density at radius 1 is 1.21 bits per heavy atom. The van der Waals surface area contributed by atoms with E-state index >= 15 is 0 Å². The topological polar surface area (TPSA) is 44.7 Å². The number of rotatable bonds is 6. The number of benzene rings is 1. The molecule has 4 heteroatoms. The van der Waals surface area contributed by atoms with E-state index in [1.54, 1.807) is 7.11 Å². The highest BCUT2D eigenvalue weighted by Gasteiger charge is 2.22. The van der Waals surface area contributed by atoms with Crippen LogP contribution < -0.4 is 10.1 Å². The Morgan fingerprint density at radius 3 is 2.58 bits per heavy atom. The highest BCUT2D eigenvalue weighted by atomic mass is 16.5. The van der Waals surface area contributed by atoms with Crippen molar-refractivity contribution in [2.45, 2.75) is 70.2 Å². The normalized spacial score (nSPS) is 26.5. The van der Waals surface area contributed by atoms with Gasteiger partial charge in [0.1, 0.15) is 5.75 Å². The molecule has 1 aliphatic heterocycles. The van der Waals surface area contributed by atoms with Crippen LogP contribution >= 0.6 is 0 Å². The Morgan fingerprint density at radius 2 is 1.92 bits per heavy atom. The summed E-state index contributed by atoms with van der Waals surface area (Å²) in [5, 5.41) is 13.4. The van der Waals surface area contributed by atoms with Crippen molar-refractivity contribution in [2.24, 2.45) is 0 Å². The van der Waals surface area contributed by atoms with Crippen molar-refractivity contribution in [1.82, 2.24) is 10.2 Å². The molecular weight excluding hydrogens is 300 g/mol. The number of aliphatic hydroxyl groups excluding tert-OH is 1. The van der Waals surface area contributed by atoms with E-state index in [9.17, 15) is 5.11 Å². The fraction of sp³-hybridized carbons (Fsp3) is 0.700. The summed E-state index contributed by atoms with van der Waals surface area (Å²) in [6.07, 6.45) is 6.53. The molecule has 4 nitrogen and oxygen atoms in total. The molecule has 0 bridgehead atoms. The third-order valence-electron chi connectivity index (χ3n) is 5.58. The summed E-state index contributed by atoms with van der Waals surface area (Å²) < 4.78 is 5.58. The number of hydrogen-bond acceptors (Lipinski definition) is 4. The maximum absolute atomic E-state index is 9.66. The van der Waals surface area contributed by atoms with Crippen LogP contribution in [-0.4, -0.2) is 42.4 Å². The van der Waals surface area contributed by atoms with E-state index in [0.717, 1.165) is 38.0 Å². The van der Waals surface area contributed by atoms with Crippen molar-refractivity contribution in [1.29, 1.82) is 0 Å². The van der Waals surface area contributed by atoms with Crippen molar-refractivity contribution in [3.63, 3.8) is 0 Å². The quantitative estimate of drug-likeness (QED) is 0.839. The molecule has 2 fully saturated rings. The molecule has 0 spiro atoms. The Labute approximate surface area is 146 Å². The zero-order chi connectivity index (χ0) is 16.9. The Kier molecular flexibility index (Phi) is 6.14. The van der Waals surface area contributed by atoms with Crippen LogP contribution in [0.25, 0.3) is 0 Å². The summed E-state index contributed by atoms with van der Waals surface area (Å²) in [7, 11) is 1.76. The van der Waals surface area contributed by atoms with Crippen LogP contribution in [0.15, 0.2) is 18.2 Å². The highest BCUT2D eigenvalue weighted by molar-refractivity contribution is 5.38. The van der Waals surface area contributed by atoms with Crippen LogP contribution in [0.1, 0.15) is 62.6 Å². The number of hydrogen-bond donors (Lipinski definition) is 2. The molecule has 0 radical (unpaired) electrons. The molecule has 0 amide bonds. The van der Waals surface area contributed by atoms with E-state index < -0.39 is 0 Å². The van der Waals surface area contributed by atoms with Gasteiger partial charge in [0.15, 0.2) is 0 Å². The lowest BCUT2D eigenvalue weighted by molar-refractivity contribution is 0.114. The minimum absolute atomic E-state index is 0.0913. The fourth-order valence-corrected chi connectivity index (χ4v) is 4.07. The summed E-state index contributed by atoms with van der Waals surface area (Å²) in [6.45, 7) is 5.63. The third-order valence-corrected chi connectivity index (χ3v) is 5.58. The zero-order valence-electron chi connectivity index (χ0n) is 15.1. The summed E-state index contributed by atoms with van der Waals surface area (Å²) in [5.74, 6) is 0.999. The number of aliphatic hydroxyl groups is 1. The predicted molar refractivity (Wildman–Crippen MR) is 97.3 cm³/mol. The Hall–Kier alpha value is -1.10. The lowest BCUT2D eigenvalue weighted by Gasteiger charge is -2.29. The van der Waals surface area contributed by atoms with Gasteiger partial charge in [-0.05, 0) is 76.2 Å². The number of nitrogens with one attached hydrogen (secondary N) is 1. The highest BCUT2D eigenvalue weighted by Crippen LogP contribution is 2.27. The van der Waals surface area contributed by atoms with Crippen LogP contribution in [0.2, 0.25) is 0 Å². The second kappa shape index (κ2) is 8.32.